The fourth-order valence-electron chi connectivity index (χ4n) is 2.64. The van der Waals surface area contributed by atoms with Crippen LogP contribution in [0.3, 0.4) is 0 Å². The first-order valence-electron chi connectivity index (χ1n) is 9.60. The highest BCUT2D eigenvalue weighted by Gasteiger charge is 2.14. The van der Waals surface area contributed by atoms with Gasteiger partial charge in [-0.1, -0.05) is 36.4 Å². The molecule has 9 heteroatoms. The molecule has 0 radical (unpaired) electrons. The van der Waals surface area contributed by atoms with E-state index in [9.17, 15) is 14.4 Å². The van der Waals surface area contributed by atoms with Crippen molar-refractivity contribution < 1.29 is 36.1 Å². The maximum atomic E-state index is 12.2. The van der Waals surface area contributed by atoms with E-state index in [1.54, 1.807) is 65.4 Å². The number of anilines is 1. The summed E-state index contributed by atoms with van der Waals surface area (Å²) in [6.45, 7) is 0.123. The number of aromatic nitrogens is 1. The van der Waals surface area contributed by atoms with E-state index in [4.69, 9.17) is 4.74 Å². The minimum atomic E-state index is -0.549. The lowest BCUT2D eigenvalue weighted by Crippen LogP contribution is -3.00. The van der Waals surface area contributed by atoms with Crippen LogP contribution in [-0.4, -0.2) is 30.9 Å². The molecule has 0 saturated carbocycles. The minimum Gasteiger partial charge on any atom is -1.00 e. The van der Waals surface area contributed by atoms with Crippen LogP contribution >= 0.6 is 0 Å². The molecule has 8 nitrogen and oxygen atoms in total. The van der Waals surface area contributed by atoms with Crippen molar-refractivity contribution in [3.8, 4) is 0 Å². The molecule has 3 rings (SSSR count). The van der Waals surface area contributed by atoms with Gasteiger partial charge in [-0.3, -0.25) is 9.59 Å². The highest BCUT2D eigenvalue weighted by atomic mass is 35.5. The van der Waals surface area contributed by atoms with Crippen molar-refractivity contribution in [3.63, 3.8) is 0 Å². The zero-order valence-corrected chi connectivity index (χ0v) is 17.8. The van der Waals surface area contributed by atoms with Gasteiger partial charge in [-0.15, -0.1) is 5.11 Å². The number of amides is 2. The van der Waals surface area contributed by atoms with Gasteiger partial charge in [0.2, 0.25) is 6.54 Å². The van der Waals surface area contributed by atoms with Crippen LogP contribution < -0.4 is 22.3 Å². The number of carbonyl (C=O) groups excluding carboxylic acids is 3. The van der Waals surface area contributed by atoms with Crippen LogP contribution in [-0.2, 0) is 16.1 Å². The van der Waals surface area contributed by atoms with E-state index < -0.39 is 11.9 Å². The zero-order chi connectivity index (χ0) is 21.9. The Kier molecular flexibility index (Phi) is 9.68. The molecule has 1 N–H and O–H groups in total. The van der Waals surface area contributed by atoms with Gasteiger partial charge in [0, 0.05) is 11.8 Å². The van der Waals surface area contributed by atoms with Crippen LogP contribution in [0.5, 0.6) is 0 Å². The molecule has 2 aromatic carbocycles. The van der Waals surface area contributed by atoms with Crippen LogP contribution in [0.1, 0.15) is 20.7 Å². The minimum absolute atomic E-state index is 0. The van der Waals surface area contributed by atoms with E-state index in [1.807, 2.05) is 18.2 Å². The Morgan fingerprint density at radius 1 is 0.875 bits per heavy atom. The number of azo groups is 1. The third-order valence-electron chi connectivity index (χ3n) is 4.08. The number of hydrogen-bond acceptors (Lipinski definition) is 5. The fraction of sp³-hybridized carbons (Fsp3) is 0.130. The molecule has 0 spiro atoms. The van der Waals surface area contributed by atoms with Crippen LogP contribution in [0.15, 0.2) is 95.4 Å². The van der Waals surface area contributed by atoms with Crippen molar-refractivity contribution in [1.82, 2.24) is 0 Å². The van der Waals surface area contributed by atoms with E-state index in [0.29, 0.717) is 16.8 Å². The summed E-state index contributed by atoms with van der Waals surface area (Å²) in [7, 11) is 0. The average Bonchev–Trinajstić information content (AvgIpc) is 2.80. The molecular formula is C23H21ClN4O4. The third-order valence-corrected chi connectivity index (χ3v) is 4.08. The van der Waals surface area contributed by atoms with Crippen molar-refractivity contribution in [1.29, 1.82) is 0 Å². The summed E-state index contributed by atoms with van der Waals surface area (Å²) < 4.78 is 6.66. The number of esters is 1. The lowest BCUT2D eigenvalue weighted by molar-refractivity contribution is -0.684. The topological polar surface area (TPSA) is 101 Å². The lowest BCUT2D eigenvalue weighted by Gasteiger charge is -2.03. The predicted molar refractivity (Wildman–Crippen MR) is 112 cm³/mol. The SMILES string of the molecule is O=C(C[n+]1cccc(C(=O)N=NCCOC(=O)c2ccccc2)c1)Nc1ccccc1.[Cl-]. The molecule has 0 unspecified atom stereocenters. The first-order chi connectivity index (χ1) is 15.1. The molecule has 2 amide bonds. The summed E-state index contributed by atoms with van der Waals surface area (Å²) >= 11 is 0. The van der Waals surface area contributed by atoms with E-state index in [0.717, 1.165) is 0 Å². The number of benzene rings is 2. The van der Waals surface area contributed by atoms with Crippen molar-refractivity contribution >= 4 is 23.5 Å². The summed E-state index contributed by atoms with van der Waals surface area (Å²) in [6.07, 6.45) is 3.21. The Morgan fingerprint density at radius 3 is 2.25 bits per heavy atom. The van der Waals surface area contributed by atoms with Crippen molar-refractivity contribution in [2.24, 2.45) is 10.2 Å². The molecule has 0 saturated heterocycles. The molecule has 3 aromatic rings. The first kappa shape index (κ1) is 24.4. The quantitative estimate of drug-likeness (QED) is 0.226. The number of carbonyl (C=O) groups is 3. The maximum absolute atomic E-state index is 12.2. The van der Waals surface area contributed by atoms with Crippen LogP contribution in [0.2, 0.25) is 0 Å². The van der Waals surface area contributed by atoms with Crippen molar-refractivity contribution in [3.05, 3.63) is 96.3 Å². The van der Waals surface area contributed by atoms with Gasteiger partial charge >= 0.3 is 11.9 Å². The molecule has 1 aromatic heterocycles. The summed E-state index contributed by atoms with van der Waals surface area (Å²) in [5, 5.41) is 10.2. The normalized spacial score (nSPS) is 10.2. The second kappa shape index (κ2) is 12.7. The smallest absolute Gasteiger partial charge is 0.338 e. The number of hydrogen-bond donors (Lipinski definition) is 1. The first-order valence-corrected chi connectivity index (χ1v) is 9.60. The molecule has 0 aliphatic carbocycles. The van der Waals surface area contributed by atoms with E-state index >= 15 is 0 Å². The predicted octanol–water partition coefficient (Wildman–Crippen LogP) is 0.0662. The number of ether oxygens (including phenoxy) is 1. The fourth-order valence-corrected chi connectivity index (χ4v) is 2.64. The van der Waals surface area contributed by atoms with Gasteiger partial charge in [0.15, 0.2) is 12.4 Å². The highest BCUT2D eigenvalue weighted by molar-refractivity contribution is 5.94. The second-order valence-electron chi connectivity index (χ2n) is 6.45. The second-order valence-corrected chi connectivity index (χ2v) is 6.45. The van der Waals surface area contributed by atoms with E-state index in [-0.39, 0.29) is 38.0 Å². The average molecular weight is 453 g/mol. The number of halogens is 1. The van der Waals surface area contributed by atoms with E-state index in [2.05, 4.69) is 15.5 Å². The van der Waals surface area contributed by atoms with Gasteiger partial charge in [0.1, 0.15) is 12.2 Å². The monoisotopic (exact) mass is 452 g/mol. The molecule has 32 heavy (non-hydrogen) atoms. The van der Waals surface area contributed by atoms with Gasteiger partial charge in [0.25, 0.3) is 5.91 Å². The lowest BCUT2D eigenvalue weighted by atomic mass is 10.2. The maximum Gasteiger partial charge on any atom is 0.338 e. The standard InChI is InChI=1S/C23H20N4O4.ClH/c28-21(25-20-11-5-2-6-12-20)17-27-14-7-10-19(16-27)22(29)26-24-13-15-31-23(30)18-8-3-1-4-9-18;/h1-12,14,16H,13,15,17H2;1H. The van der Waals surface area contributed by atoms with Crippen LogP contribution in [0.4, 0.5) is 5.69 Å². The van der Waals surface area contributed by atoms with Crippen LogP contribution in [0, 0.1) is 0 Å². The number of pyridine rings is 1. The molecule has 0 fully saturated rings. The summed E-state index contributed by atoms with van der Waals surface area (Å²) in [6, 6.07) is 20.9. The Balaban J connectivity index is 0.00000363. The molecule has 0 atom stereocenters. The van der Waals surface area contributed by atoms with E-state index in [1.165, 1.54) is 6.20 Å². The number of para-hydroxylation sites is 1. The van der Waals surface area contributed by atoms with Crippen molar-refractivity contribution in [2.75, 3.05) is 18.5 Å². The van der Waals surface area contributed by atoms with Gasteiger partial charge in [-0.2, -0.15) is 9.68 Å². The third kappa shape index (κ3) is 7.73. The summed E-state index contributed by atoms with van der Waals surface area (Å²) in [4.78, 5) is 36.2. The van der Waals surface area contributed by atoms with Gasteiger partial charge < -0.3 is 22.5 Å². The number of nitrogens with one attached hydrogen (secondary N) is 1. The molecule has 0 aliphatic rings. The largest absolute Gasteiger partial charge is 1.00 e. The molecular weight excluding hydrogens is 432 g/mol. The molecule has 0 bridgehead atoms. The number of rotatable bonds is 8. The van der Waals surface area contributed by atoms with Gasteiger partial charge in [-0.05, 0) is 30.3 Å². The summed E-state index contributed by atoms with van der Waals surface area (Å²) in [5.74, 6) is -1.23. The van der Waals surface area contributed by atoms with Crippen LogP contribution in [0.25, 0.3) is 0 Å². The van der Waals surface area contributed by atoms with Gasteiger partial charge in [-0.25, -0.2) is 4.79 Å². The Labute approximate surface area is 191 Å². The van der Waals surface area contributed by atoms with Gasteiger partial charge in [0.05, 0.1) is 12.1 Å². The number of nitrogens with zero attached hydrogens (tertiary/aromatic N) is 3. The zero-order valence-electron chi connectivity index (χ0n) is 17.1. The Hall–Kier alpha value is -3.91. The molecule has 0 aliphatic heterocycles. The highest BCUT2D eigenvalue weighted by Crippen LogP contribution is 2.05. The Morgan fingerprint density at radius 2 is 1.53 bits per heavy atom. The Bertz CT molecular complexity index is 1080. The molecule has 1 heterocycles. The molecule has 164 valence electrons. The summed E-state index contributed by atoms with van der Waals surface area (Å²) in [5.41, 5.74) is 1.43. The van der Waals surface area contributed by atoms with Crippen molar-refractivity contribution in [2.45, 2.75) is 6.54 Å².